The highest BCUT2D eigenvalue weighted by atomic mass is 32.2. The molecule has 2 saturated carbocycles. The fraction of sp³-hybridized carbons (Fsp3) is 0.452. The first-order valence-electron chi connectivity index (χ1n) is 33.3. The van der Waals surface area contributed by atoms with Crippen molar-refractivity contribution in [3.63, 3.8) is 0 Å². The number of H-pyrrole nitrogens is 1. The monoisotopic (exact) mass is 1280 g/mol. The number of aromatic amines is 1. The van der Waals surface area contributed by atoms with E-state index in [2.05, 4.69) is 26.3 Å². The largest absolute Gasteiger partial charge is 0.368 e. The molecule has 0 unspecified atom stereocenters. The number of aryl methyl sites for hydroxylation is 1. The number of carbonyl (C=O) groups excluding carboxylic acids is 8. The van der Waals surface area contributed by atoms with Crippen LogP contribution >= 0.6 is 11.8 Å². The van der Waals surface area contributed by atoms with Crippen molar-refractivity contribution in [2.45, 2.75) is 126 Å². The van der Waals surface area contributed by atoms with Gasteiger partial charge in [-0.1, -0.05) is 128 Å². The predicted molar refractivity (Wildman–Crippen MR) is 364 cm³/mol. The lowest BCUT2D eigenvalue weighted by Crippen LogP contribution is -2.54. The minimum absolute atomic E-state index is 0.0232. The number of carbonyl (C=O) groups is 8. The Morgan fingerprint density at radius 2 is 1.13 bits per heavy atom. The second-order valence-electron chi connectivity index (χ2n) is 25.5. The third kappa shape index (κ3) is 23.3. The van der Waals surface area contributed by atoms with Crippen molar-refractivity contribution < 1.29 is 38.4 Å². The summed E-state index contributed by atoms with van der Waals surface area (Å²) in [5, 5.41) is 14.3. The van der Waals surface area contributed by atoms with Gasteiger partial charge in [0.2, 0.25) is 41.4 Å². The molecule has 20 heteroatoms. The van der Waals surface area contributed by atoms with Crippen LogP contribution in [0.5, 0.6) is 0 Å². The molecule has 4 aliphatic rings. The van der Waals surface area contributed by atoms with E-state index < -0.39 is 35.8 Å². The summed E-state index contributed by atoms with van der Waals surface area (Å²) in [6.07, 6.45) is 9.83. The summed E-state index contributed by atoms with van der Waals surface area (Å²) < 4.78 is 0. The third-order valence-corrected chi connectivity index (χ3v) is 18.6. The summed E-state index contributed by atoms with van der Waals surface area (Å²) in [4.78, 5) is 124. The van der Waals surface area contributed by atoms with Gasteiger partial charge >= 0.3 is 0 Å². The SMILES string of the molecule is NCCCC[C@H]1CN(C(=O)CCc2ccccc2)CCN[C@@H](Cc2ccccc2)CN(CC(N)=O)C(=O)CCSCc2ccc(cc2)C(=O)N[C@@H](Cc2ccccc2)CN(C(=O)CC2CC2)CC(=O)N[C@@H](Cc2c[nH]c3ccccc23)CN(C(=O)CC2CC2)CC(=O)N1. The molecule has 0 radical (unpaired) electrons. The normalized spacial score (nSPS) is 20.1. The van der Waals surface area contributed by atoms with Crippen LogP contribution < -0.4 is 32.7 Å². The number of thioether (sulfide) groups is 1. The van der Waals surface area contributed by atoms with Gasteiger partial charge in [-0.05, 0) is 129 Å². The highest BCUT2D eigenvalue weighted by Crippen LogP contribution is 2.34. The molecule has 494 valence electrons. The van der Waals surface area contributed by atoms with Crippen LogP contribution in [0.15, 0.2) is 146 Å². The minimum Gasteiger partial charge on any atom is -0.368 e. The quantitative estimate of drug-likeness (QED) is 0.0331. The first-order valence-corrected chi connectivity index (χ1v) is 34.4. The number of fused-ring (bicyclic) bond motifs is 30. The van der Waals surface area contributed by atoms with Gasteiger partial charge in [-0.25, -0.2) is 0 Å². The molecule has 1 aromatic heterocycles. The molecule has 93 heavy (non-hydrogen) atoms. The van der Waals surface area contributed by atoms with Crippen LogP contribution in [-0.2, 0) is 65.0 Å². The van der Waals surface area contributed by atoms with E-state index >= 15 is 0 Å². The molecule has 6 aromatic rings. The standard InChI is InChI=1S/C73H93N11O8S/c74-34-13-12-20-60-44-81(69(88)32-29-52-14-4-1-5-15-52)36-35-76-61(38-53-16-6-2-7-17-53)45-82(48-66(75)85)70(89)33-37-93-51-57-27-30-58(31-28-57)73(92)80-62(39-54-18-8-3-9-19-54)46-83(71(90)40-55-23-24-55)50-68(87)79-63(42-59-43-77-65-22-11-10-21-64(59)65)47-84(49-67(86)78-60)72(91)41-56-25-26-56/h1-11,14-19,21-22,27-28,30-31,43,55-56,60-63,76-77H,12-13,20,23-26,29,32-42,44-51,74H2,(H2,75,85)(H,78,86)(H,79,87)(H,80,92)/t60-,61-,62-,63-/m0/s1. The molecule has 2 aliphatic heterocycles. The second-order valence-corrected chi connectivity index (χ2v) is 26.6. The number of hydrogen-bond acceptors (Lipinski definition) is 11. The van der Waals surface area contributed by atoms with Crippen LogP contribution in [-0.4, -0.2) is 167 Å². The van der Waals surface area contributed by atoms with E-state index in [1.807, 2.05) is 134 Å². The highest BCUT2D eigenvalue weighted by molar-refractivity contribution is 7.98. The molecular weight excluding hydrogens is 1190 g/mol. The average Bonchev–Trinajstić information content (AvgIpc) is 2.00. The van der Waals surface area contributed by atoms with Crippen molar-refractivity contribution in [1.29, 1.82) is 0 Å². The van der Waals surface area contributed by atoms with Gasteiger partial charge < -0.3 is 57.3 Å². The van der Waals surface area contributed by atoms with E-state index in [0.717, 1.165) is 64.4 Å². The molecule has 3 heterocycles. The average molecular weight is 1280 g/mol. The van der Waals surface area contributed by atoms with Crippen molar-refractivity contribution in [2.24, 2.45) is 23.3 Å². The lowest BCUT2D eigenvalue weighted by molar-refractivity contribution is -0.138. The molecule has 8 amide bonds. The number of aromatic nitrogens is 1. The smallest absolute Gasteiger partial charge is 0.251 e. The molecule has 0 saturated heterocycles. The van der Waals surface area contributed by atoms with Gasteiger partial charge in [-0.3, -0.25) is 38.4 Å². The van der Waals surface area contributed by atoms with Crippen LogP contribution in [0.3, 0.4) is 0 Å². The van der Waals surface area contributed by atoms with Gasteiger partial charge in [0, 0.05) is 111 Å². The van der Waals surface area contributed by atoms with Crippen LogP contribution in [0.1, 0.15) is 109 Å². The number of amides is 8. The predicted octanol–water partition coefficient (Wildman–Crippen LogP) is 6.72. The summed E-state index contributed by atoms with van der Waals surface area (Å²) in [6, 6.07) is 42.2. The molecule has 4 atom stereocenters. The molecule has 9 N–H and O–H groups in total. The summed E-state index contributed by atoms with van der Waals surface area (Å²) >= 11 is 1.55. The number of nitrogens with one attached hydrogen (secondary N) is 5. The maximum Gasteiger partial charge on any atom is 0.251 e. The Morgan fingerprint density at radius 1 is 0.570 bits per heavy atom. The van der Waals surface area contributed by atoms with Crippen molar-refractivity contribution in [2.75, 3.05) is 71.2 Å². The molecule has 0 spiro atoms. The van der Waals surface area contributed by atoms with E-state index in [1.54, 1.807) is 38.6 Å². The highest BCUT2D eigenvalue weighted by Gasteiger charge is 2.34. The fourth-order valence-electron chi connectivity index (χ4n) is 12.2. The van der Waals surface area contributed by atoms with Crippen molar-refractivity contribution in [3.8, 4) is 0 Å². The van der Waals surface area contributed by atoms with Gasteiger partial charge in [0.05, 0.1) is 31.7 Å². The number of para-hydroxylation sites is 1. The fourth-order valence-corrected chi connectivity index (χ4v) is 13.1. The number of benzene rings is 5. The maximum atomic E-state index is 14.9. The summed E-state index contributed by atoms with van der Waals surface area (Å²) in [5.74, 6) is -1.24. The van der Waals surface area contributed by atoms with Crippen molar-refractivity contribution in [1.82, 2.24) is 45.9 Å². The first-order chi connectivity index (χ1) is 45.2. The Hall–Kier alpha value is -8.33. The zero-order valence-corrected chi connectivity index (χ0v) is 54.3. The van der Waals surface area contributed by atoms with Crippen LogP contribution in [0, 0.1) is 11.8 Å². The summed E-state index contributed by atoms with van der Waals surface area (Å²) in [6.45, 7) is 0.395. The molecule has 2 fully saturated rings. The summed E-state index contributed by atoms with van der Waals surface area (Å²) in [5.41, 5.74) is 18.0. The zero-order valence-electron chi connectivity index (χ0n) is 53.5. The van der Waals surface area contributed by atoms with Gasteiger partial charge in [0.1, 0.15) is 0 Å². The van der Waals surface area contributed by atoms with Gasteiger partial charge in [-0.15, -0.1) is 0 Å². The molecule has 10 rings (SSSR count). The number of nitrogens with zero attached hydrogens (tertiary/aromatic N) is 4. The second kappa shape index (κ2) is 35.6. The molecule has 19 nitrogen and oxygen atoms in total. The van der Waals surface area contributed by atoms with Gasteiger partial charge in [0.15, 0.2) is 0 Å². The number of hydrogen-bond donors (Lipinski definition) is 7. The van der Waals surface area contributed by atoms with E-state index in [1.165, 1.54) is 4.90 Å². The van der Waals surface area contributed by atoms with E-state index in [-0.39, 0.29) is 132 Å². The van der Waals surface area contributed by atoms with Crippen LogP contribution in [0.25, 0.3) is 10.9 Å². The lowest BCUT2D eigenvalue weighted by atomic mass is 10.0. The van der Waals surface area contributed by atoms with E-state index in [9.17, 15) is 38.4 Å². The molecular formula is C73H93N11O8S. The van der Waals surface area contributed by atoms with Crippen molar-refractivity contribution in [3.05, 3.63) is 179 Å². The summed E-state index contributed by atoms with van der Waals surface area (Å²) in [7, 11) is 0. The van der Waals surface area contributed by atoms with Crippen molar-refractivity contribution >= 4 is 69.9 Å². The third-order valence-electron chi connectivity index (χ3n) is 17.6. The zero-order chi connectivity index (χ0) is 65.3. The van der Waals surface area contributed by atoms with E-state index in [0.29, 0.717) is 68.7 Å². The number of primary amides is 1. The van der Waals surface area contributed by atoms with Crippen LogP contribution in [0.4, 0.5) is 0 Å². The molecule has 2 aliphatic carbocycles. The Bertz CT molecular complexity index is 3400. The van der Waals surface area contributed by atoms with Gasteiger partial charge in [0.25, 0.3) is 5.91 Å². The number of rotatable bonds is 19. The molecule has 5 aromatic carbocycles. The number of nitrogens with two attached hydrogens (primary N) is 2. The Labute approximate surface area is 551 Å². The first kappa shape index (κ1) is 69.0. The van der Waals surface area contributed by atoms with E-state index in [4.69, 9.17) is 11.5 Å². The molecule has 2 bridgehead atoms. The maximum absolute atomic E-state index is 14.9. The Kier molecular flexibility index (Phi) is 26.5. The minimum atomic E-state index is -0.722. The van der Waals surface area contributed by atoms with Gasteiger partial charge in [-0.2, -0.15) is 11.8 Å². The Morgan fingerprint density at radius 3 is 1.73 bits per heavy atom. The Balaban J connectivity index is 1.04. The lowest BCUT2D eigenvalue weighted by Gasteiger charge is -2.32. The topological polar surface area (TPSA) is 265 Å². The van der Waals surface area contributed by atoms with Crippen LogP contribution in [0.2, 0.25) is 0 Å². The number of unbranched alkanes of at least 4 members (excludes halogenated alkanes) is 1.